The van der Waals surface area contributed by atoms with Crippen LogP contribution in [-0.2, 0) is 0 Å². The van der Waals surface area contributed by atoms with Crippen LogP contribution in [0.3, 0.4) is 0 Å². The van der Waals surface area contributed by atoms with E-state index in [1.807, 2.05) is 24.3 Å². The lowest BCUT2D eigenvalue weighted by Crippen LogP contribution is -1.85. The molecule has 0 bridgehead atoms. The standard InChI is InChI=1S/C26H22/c1-19-5-7-21(3)25(17-19)15-13-23-9-11-24(12-10-23)14-16-26-18-20(2)6-8-22(26)4/h5-12,17-18H,1-4H3. The molecule has 3 aromatic carbocycles. The smallest absolute Gasteiger partial charge is 0.0280 e. The van der Waals surface area contributed by atoms with Gasteiger partial charge >= 0.3 is 0 Å². The molecule has 0 aliphatic carbocycles. The zero-order chi connectivity index (χ0) is 18.5. The second kappa shape index (κ2) is 7.77. The Bertz CT molecular complexity index is 970. The number of benzene rings is 3. The number of hydrogen-bond donors (Lipinski definition) is 0. The highest BCUT2D eigenvalue weighted by molar-refractivity contribution is 5.51. The average molecular weight is 334 g/mol. The fourth-order valence-electron chi connectivity index (χ4n) is 2.66. The molecule has 0 atom stereocenters. The van der Waals surface area contributed by atoms with Crippen LogP contribution in [0.2, 0.25) is 0 Å². The maximum absolute atomic E-state index is 3.28. The van der Waals surface area contributed by atoms with E-state index in [4.69, 9.17) is 0 Å². The highest BCUT2D eigenvalue weighted by atomic mass is 14.0. The molecular weight excluding hydrogens is 312 g/mol. The van der Waals surface area contributed by atoms with Crippen LogP contribution in [0.1, 0.15) is 44.5 Å². The minimum absolute atomic E-state index is 1.00. The van der Waals surface area contributed by atoms with E-state index in [9.17, 15) is 0 Å². The second-order valence-corrected chi connectivity index (χ2v) is 6.71. The summed E-state index contributed by atoms with van der Waals surface area (Å²) in [7, 11) is 0. The third-order valence-electron chi connectivity index (χ3n) is 4.35. The summed E-state index contributed by atoms with van der Waals surface area (Å²) in [5.74, 6) is 13.0. The minimum Gasteiger partial charge on any atom is -0.0616 e. The Balaban J connectivity index is 1.80. The van der Waals surface area contributed by atoms with Crippen molar-refractivity contribution in [3.8, 4) is 23.7 Å². The average Bonchev–Trinajstić information content (AvgIpc) is 2.64. The number of aryl methyl sites for hydroxylation is 4. The summed E-state index contributed by atoms with van der Waals surface area (Å²) in [6, 6.07) is 20.9. The fourth-order valence-corrected chi connectivity index (χ4v) is 2.66. The van der Waals surface area contributed by atoms with Crippen molar-refractivity contribution in [1.82, 2.24) is 0 Å². The van der Waals surface area contributed by atoms with Gasteiger partial charge in [-0.2, -0.15) is 0 Å². The minimum atomic E-state index is 1.00. The second-order valence-electron chi connectivity index (χ2n) is 6.71. The van der Waals surface area contributed by atoms with Crippen molar-refractivity contribution in [2.75, 3.05) is 0 Å². The Kier molecular flexibility index (Phi) is 5.26. The maximum atomic E-state index is 3.28. The van der Waals surface area contributed by atoms with Gasteiger partial charge in [0.2, 0.25) is 0 Å². The van der Waals surface area contributed by atoms with E-state index in [1.165, 1.54) is 22.3 Å². The molecule has 0 fully saturated rings. The first-order valence-electron chi connectivity index (χ1n) is 8.80. The predicted octanol–water partition coefficient (Wildman–Crippen LogP) is 5.72. The van der Waals surface area contributed by atoms with E-state index in [1.54, 1.807) is 0 Å². The molecule has 126 valence electrons. The zero-order valence-corrected chi connectivity index (χ0v) is 15.8. The van der Waals surface area contributed by atoms with Crippen LogP contribution in [0.25, 0.3) is 0 Å². The Morgan fingerprint density at radius 2 is 0.846 bits per heavy atom. The zero-order valence-electron chi connectivity index (χ0n) is 15.8. The van der Waals surface area contributed by atoms with Gasteiger partial charge in [0, 0.05) is 22.3 Å². The van der Waals surface area contributed by atoms with E-state index >= 15 is 0 Å². The molecule has 0 amide bonds. The van der Waals surface area contributed by atoms with Crippen LogP contribution >= 0.6 is 0 Å². The van der Waals surface area contributed by atoms with Gasteiger partial charge in [-0.1, -0.05) is 47.9 Å². The Hall–Kier alpha value is -3.22. The summed E-state index contributed by atoms with van der Waals surface area (Å²) >= 11 is 0. The molecule has 0 aliphatic rings. The first-order valence-corrected chi connectivity index (χ1v) is 8.80. The van der Waals surface area contributed by atoms with Gasteiger partial charge in [0.25, 0.3) is 0 Å². The summed E-state index contributed by atoms with van der Waals surface area (Å²) in [6.07, 6.45) is 0. The lowest BCUT2D eigenvalue weighted by molar-refractivity contribution is 1.37. The van der Waals surface area contributed by atoms with E-state index in [-0.39, 0.29) is 0 Å². The summed E-state index contributed by atoms with van der Waals surface area (Å²) in [5, 5.41) is 0. The van der Waals surface area contributed by atoms with E-state index in [0.717, 1.165) is 22.3 Å². The first kappa shape index (κ1) is 17.6. The predicted molar refractivity (Wildman–Crippen MR) is 110 cm³/mol. The maximum Gasteiger partial charge on any atom is 0.0280 e. The molecule has 0 N–H and O–H groups in total. The molecule has 0 radical (unpaired) electrons. The van der Waals surface area contributed by atoms with Crippen molar-refractivity contribution in [3.63, 3.8) is 0 Å². The van der Waals surface area contributed by atoms with E-state index in [2.05, 4.69) is 87.8 Å². The molecule has 0 saturated carbocycles. The van der Waals surface area contributed by atoms with Gasteiger partial charge in [-0.3, -0.25) is 0 Å². The van der Waals surface area contributed by atoms with Gasteiger partial charge in [0.1, 0.15) is 0 Å². The molecule has 0 saturated heterocycles. The van der Waals surface area contributed by atoms with E-state index < -0.39 is 0 Å². The van der Waals surface area contributed by atoms with Crippen LogP contribution in [0.4, 0.5) is 0 Å². The van der Waals surface area contributed by atoms with Gasteiger partial charge in [0.15, 0.2) is 0 Å². The van der Waals surface area contributed by atoms with Crippen LogP contribution in [0.5, 0.6) is 0 Å². The molecule has 0 spiro atoms. The van der Waals surface area contributed by atoms with Crippen molar-refractivity contribution < 1.29 is 0 Å². The molecule has 0 nitrogen and oxygen atoms in total. The summed E-state index contributed by atoms with van der Waals surface area (Å²) in [5.41, 5.74) is 9.06. The Morgan fingerprint density at radius 3 is 1.23 bits per heavy atom. The fraction of sp³-hybridized carbons (Fsp3) is 0.154. The Morgan fingerprint density at radius 1 is 0.462 bits per heavy atom. The quantitative estimate of drug-likeness (QED) is 0.461. The number of rotatable bonds is 0. The highest BCUT2D eigenvalue weighted by Crippen LogP contribution is 2.11. The van der Waals surface area contributed by atoms with Crippen LogP contribution in [-0.4, -0.2) is 0 Å². The molecule has 0 heterocycles. The largest absolute Gasteiger partial charge is 0.0616 e. The van der Waals surface area contributed by atoms with Crippen molar-refractivity contribution >= 4 is 0 Å². The van der Waals surface area contributed by atoms with Crippen LogP contribution < -0.4 is 0 Å². The van der Waals surface area contributed by atoms with Gasteiger partial charge in [-0.05, 0) is 86.3 Å². The monoisotopic (exact) mass is 334 g/mol. The van der Waals surface area contributed by atoms with Crippen molar-refractivity contribution in [1.29, 1.82) is 0 Å². The van der Waals surface area contributed by atoms with E-state index in [0.29, 0.717) is 0 Å². The first-order chi connectivity index (χ1) is 12.5. The lowest BCUT2D eigenvalue weighted by Gasteiger charge is -1.99. The lowest BCUT2D eigenvalue weighted by atomic mass is 10.0. The molecule has 0 aromatic heterocycles. The molecule has 3 aromatic rings. The summed E-state index contributed by atoms with van der Waals surface area (Å²) in [4.78, 5) is 0. The van der Waals surface area contributed by atoms with Crippen molar-refractivity contribution in [3.05, 3.63) is 105 Å². The van der Waals surface area contributed by atoms with Crippen LogP contribution in [0.15, 0.2) is 60.7 Å². The Labute approximate surface area is 156 Å². The molecular formula is C26H22. The SMILES string of the molecule is Cc1ccc(C)c(C#Cc2ccc(C#Cc3cc(C)ccc3C)cc2)c1. The molecule has 26 heavy (non-hydrogen) atoms. The third kappa shape index (κ3) is 4.44. The van der Waals surface area contributed by atoms with Crippen molar-refractivity contribution in [2.45, 2.75) is 27.7 Å². The molecule has 0 aliphatic heterocycles. The third-order valence-corrected chi connectivity index (χ3v) is 4.35. The molecule has 0 unspecified atom stereocenters. The molecule has 0 heteroatoms. The van der Waals surface area contributed by atoms with Gasteiger partial charge in [-0.15, -0.1) is 0 Å². The molecule has 3 rings (SSSR count). The topological polar surface area (TPSA) is 0 Å². The van der Waals surface area contributed by atoms with Gasteiger partial charge < -0.3 is 0 Å². The summed E-state index contributed by atoms with van der Waals surface area (Å²) < 4.78 is 0. The normalized spacial score (nSPS) is 9.69. The van der Waals surface area contributed by atoms with Gasteiger partial charge in [0.05, 0.1) is 0 Å². The summed E-state index contributed by atoms with van der Waals surface area (Å²) in [6.45, 7) is 8.37. The number of hydrogen-bond acceptors (Lipinski definition) is 0. The van der Waals surface area contributed by atoms with Crippen LogP contribution in [0, 0.1) is 51.4 Å². The van der Waals surface area contributed by atoms with Crippen molar-refractivity contribution in [2.24, 2.45) is 0 Å². The van der Waals surface area contributed by atoms with Gasteiger partial charge in [-0.25, -0.2) is 0 Å². The highest BCUT2D eigenvalue weighted by Gasteiger charge is 1.96.